The summed E-state index contributed by atoms with van der Waals surface area (Å²) < 4.78 is 0. The maximum Gasteiger partial charge on any atom is 0.299 e. The summed E-state index contributed by atoms with van der Waals surface area (Å²) in [6.07, 6.45) is 0. The average Bonchev–Trinajstić information content (AvgIpc) is 2.55. The van der Waals surface area contributed by atoms with Gasteiger partial charge in [-0.2, -0.15) is 0 Å². The summed E-state index contributed by atoms with van der Waals surface area (Å²) in [5, 5.41) is 0.323. The maximum atomic E-state index is 11.8. The van der Waals surface area contributed by atoms with Crippen LogP contribution in [0.25, 0.3) is 0 Å². The molecule has 1 aliphatic heterocycles. The van der Waals surface area contributed by atoms with Crippen LogP contribution in [0.5, 0.6) is 0 Å². The van der Waals surface area contributed by atoms with Crippen LogP contribution in [0.1, 0.15) is 17.3 Å². The molecule has 0 saturated heterocycles. The molecule has 0 spiro atoms. The Hall–Kier alpha value is -1.39. The van der Waals surface area contributed by atoms with Crippen LogP contribution in [0.15, 0.2) is 18.2 Å². The summed E-state index contributed by atoms with van der Waals surface area (Å²) in [7, 11) is 0. The zero-order valence-electron chi connectivity index (χ0n) is 9.44. The van der Waals surface area contributed by atoms with Crippen LogP contribution in [0, 0.1) is 5.92 Å². The Morgan fingerprint density at radius 1 is 1.41 bits per heavy atom. The first kappa shape index (κ1) is 12.1. The third kappa shape index (κ3) is 1.94. The van der Waals surface area contributed by atoms with E-state index in [9.17, 15) is 9.59 Å². The average molecular weight is 253 g/mol. The van der Waals surface area contributed by atoms with E-state index in [2.05, 4.69) is 0 Å². The topological polar surface area (TPSA) is 63.4 Å². The monoisotopic (exact) mass is 252 g/mol. The zero-order valence-corrected chi connectivity index (χ0v) is 10.2. The highest BCUT2D eigenvalue weighted by molar-refractivity contribution is 6.55. The van der Waals surface area contributed by atoms with Gasteiger partial charge in [0.2, 0.25) is 0 Å². The van der Waals surface area contributed by atoms with E-state index in [1.165, 1.54) is 4.90 Å². The molecular formula is C12H13ClN2O2. The van der Waals surface area contributed by atoms with Crippen molar-refractivity contribution >= 4 is 29.0 Å². The van der Waals surface area contributed by atoms with E-state index in [-0.39, 0.29) is 5.92 Å². The molecule has 4 nitrogen and oxygen atoms in total. The number of halogens is 1. The molecule has 90 valence electrons. The number of benzene rings is 1. The van der Waals surface area contributed by atoms with Gasteiger partial charge in [-0.25, -0.2) is 0 Å². The number of anilines is 1. The van der Waals surface area contributed by atoms with Crippen molar-refractivity contribution in [1.29, 1.82) is 0 Å². The summed E-state index contributed by atoms with van der Waals surface area (Å²) >= 11 is 5.94. The third-order valence-electron chi connectivity index (χ3n) is 2.85. The van der Waals surface area contributed by atoms with Crippen LogP contribution in [-0.2, 0) is 4.79 Å². The van der Waals surface area contributed by atoms with Gasteiger partial charge in [0, 0.05) is 6.54 Å². The molecule has 0 aliphatic carbocycles. The lowest BCUT2D eigenvalue weighted by molar-refractivity contribution is -0.114. The first-order valence-electron chi connectivity index (χ1n) is 5.41. The quantitative estimate of drug-likeness (QED) is 0.829. The number of fused-ring (bicyclic) bond motifs is 1. The number of hydrogen-bond acceptors (Lipinski definition) is 3. The number of carbonyl (C=O) groups excluding carboxylic acids is 2. The van der Waals surface area contributed by atoms with Crippen molar-refractivity contribution in [1.82, 2.24) is 0 Å². The number of ketones is 1. The van der Waals surface area contributed by atoms with E-state index < -0.39 is 11.7 Å². The molecule has 1 aliphatic rings. The molecule has 0 aromatic heterocycles. The fraction of sp³-hybridized carbons (Fsp3) is 0.333. The number of rotatable bonds is 3. The van der Waals surface area contributed by atoms with E-state index >= 15 is 0 Å². The summed E-state index contributed by atoms with van der Waals surface area (Å²) in [6, 6.07) is 5.07. The van der Waals surface area contributed by atoms with E-state index in [1.807, 2.05) is 6.92 Å². The SMILES string of the molecule is CC(CN)CN1C(=O)C(=O)c2c(Cl)cccc21. The van der Waals surface area contributed by atoms with Gasteiger partial charge >= 0.3 is 0 Å². The van der Waals surface area contributed by atoms with Crippen LogP contribution in [0.3, 0.4) is 0 Å². The number of amides is 1. The van der Waals surface area contributed by atoms with Crippen molar-refractivity contribution in [3.05, 3.63) is 28.8 Å². The van der Waals surface area contributed by atoms with Crippen LogP contribution < -0.4 is 10.6 Å². The van der Waals surface area contributed by atoms with Crippen molar-refractivity contribution in [2.45, 2.75) is 6.92 Å². The molecule has 5 heteroatoms. The van der Waals surface area contributed by atoms with Crippen LogP contribution in [0.2, 0.25) is 5.02 Å². The standard InChI is InChI=1S/C12H13ClN2O2/c1-7(5-14)6-15-9-4-2-3-8(13)10(9)11(16)12(15)17/h2-4,7H,5-6,14H2,1H3. The molecule has 0 saturated carbocycles. The molecule has 1 atom stereocenters. The summed E-state index contributed by atoms with van der Waals surface area (Å²) in [5.74, 6) is -0.917. The molecule has 1 amide bonds. The minimum absolute atomic E-state index is 0.136. The van der Waals surface area contributed by atoms with E-state index in [1.54, 1.807) is 18.2 Å². The smallest absolute Gasteiger partial charge is 0.299 e. The molecule has 2 N–H and O–H groups in total. The van der Waals surface area contributed by atoms with E-state index in [0.29, 0.717) is 29.4 Å². The number of nitrogens with two attached hydrogens (primary N) is 1. The highest BCUT2D eigenvalue weighted by atomic mass is 35.5. The largest absolute Gasteiger partial charge is 0.330 e. The second-order valence-electron chi connectivity index (χ2n) is 4.22. The van der Waals surface area contributed by atoms with Gasteiger partial charge in [-0.05, 0) is 24.6 Å². The molecule has 1 aromatic rings. The second kappa shape index (κ2) is 4.47. The van der Waals surface area contributed by atoms with Gasteiger partial charge < -0.3 is 10.6 Å². The highest BCUT2D eigenvalue weighted by Gasteiger charge is 2.37. The number of hydrogen-bond donors (Lipinski definition) is 1. The predicted octanol–water partition coefficient (Wildman–Crippen LogP) is 1.46. The molecule has 1 heterocycles. The molecular weight excluding hydrogens is 240 g/mol. The number of carbonyl (C=O) groups is 2. The van der Waals surface area contributed by atoms with Crippen molar-refractivity contribution < 1.29 is 9.59 Å². The molecule has 1 aromatic carbocycles. The lowest BCUT2D eigenvalue weighted by atomic mass is 10.1. The van der Waals surface area contributed by atoms with Gasteiger partial charge in [0.1, 0.15) is 0 Å². The second-order valence-corrected chi connectivity index (χ2v) is 4.63. The van der Waals surface area contributed by atoms with Gasteiger partial charge in [0.25, 0.3) is 11.7 Å². The maximum absolute atomic E-state index is 11.8. The summed E-state index contributed by atoms with van der Waals surface area (Å²) in [4.78, 5) is 25.1. The lowest BCUT2D eigenvalue weighted by Crippen LogP contribution is -2.35. The number of nitrogens with zero attached hydrogens (tertiary/aromatic N) is 1. The van der Waals surface area contributed by atoms with Crippen LogP contribution in [-0.4, -0.2) is 24.8 Å². The Bertz CT molecular complexity index is 487. The Morgan fingerprint density at radius 2 is 2.12 bits per heavy atom. The minimum Gasteiger partial charge on any atom is -0.330 e. The van der Waals surface area contributed by atoms with Crippen molar-refractivity contribution in [2.24, 2.45) is 11.7 Å². The molecule has 1 unspecified atom stereocenters. The fourth-order valence-electron chi connectivity index (χ4n) is 1.87. The van der Waals surface area contributed by atoms with Crippen LogP contribution in [0.4, 0.5) is 5.69 Å². The van der Waals surface area contributed by atoms with Gasteiger partial charge in [-0.15, -0.1) is 0 Å². The van der Waals surface area contributed by atoms with Crippen LogP contribution >= 0.6 is 11.6 Å². The van der Waals surface area contributed by atoms with Gasteiger partial charge in [-0.1, -0.05) is 24.6 Å². The first-order valence-corrected chi connectivity index (χ1v) is 5.78. The Balaban J connectivity index is 2.42. The zero-order chi connectivity index (χ0) is 12.6. The Morgan fingerprint density at radius 3 is 2.76 bits per heavy atom. The molecule has 0 radical (unpaired) electrons. The third-order valence-corrected chi connectivity index (χ3v) is 3.16. The Labute approximate surface area is 104 Å². The van der Waals surface area contributed by atoms with Crippen molar-refractivity contribution in [3.63, 3.8) is 0 Å². The summed E-state index contributed by atoms with van der Waals surface area (Å²) in [6.45, 7) is 2.84. The molecule has 17 heavy (non-hydrogen) atoms. The minimum atomic E-state index is -0.533. The van der Waals surface area contributed by atoms with E-state index in [4.69, 9.17) is 17.3 Å². The predicted molar refractivity (Wildman–Crippen MR) is 66.4 cm³/mol. The Kier molecular flexibility index (Phi) is 3.17. The first-order chi connectivity index (χ1) is 8.06. The van der Waals surface area contributed by atoms with Gasteiger partial charge in [0.05, 0.1) is 16.3 Å². The fourth-order valence-corrected chi connectivity index (χ4v) is 2.12. The molecule has 0 fully saturated rings. The van der Waals surface area contributed by atoms with Crippen molar-refractivity contribution in [2.75, 3.05) is 18.0 Å². The number of Topliss-reactive ketones (excluding diaryl/α,β-unsaturated/α-hetero) is 1. The normalized spacial score (nSPS) is 16.3. The molecule has 0 bridgehead atoms. The van der Waals surface area contributed by atoms with E-state index in [0.717, 1.165) is 0 Å². The van der Waals surface area contributed by atoms with Gasteiger partial charge in [0.15, 0.2) is 0 Å². The highest BCUT2D eigenvalue weighted by Crippen LogP contribution is 2.34. The summed E-state index contributed by atoms with van der Waals surface area (Å²) in [5.41, 5.74) is 6.43. The molecule has 2 rings (SSSR count). The van der Waals surface area contributed by atoms with Crippen molar-refractivity contribution in [3.8, 4) is 0 Å². The lowest BCUT2D eigenvalue weighted by Gasteiger charge is -2.20. The van der Waals surface area contributed by atoms with Gasteiger partial charge in [-0.3, -0.25) is 9.59 Å².